The van der Waals surface area contributed by atoms with E-state index in [2.05, 4.69) is 16.0 Å². The molecular weight excluding hydrogens is 438 g/mol. The fourth-order valence-electron chi connectivity index (χ4n) is 2.96. The summed E-state index contributed by atoms with van der Waals surface area (Å²) in [7, 11) is 0. The normalized spacial score (nSPS) is 11.6. The van der Waals surface area contributed by atoms with E-state index >= 15 is 0 Å². The SMILES string of the molecule is CCOC(=O)CNC(=O)[C@@H](Cc1ccccc1)NC(=O)C(C)(C)NC(=O)OCc1ccccc1. The van der Waals surface area contributed by atoms with Gasteiger partial charge < -0.3 is 25.4 Å². The van der Waals surface area contributed by atoms with E-state index in [9.17, 15) is 19.2 Å². The predicted octanol–water partition coefficient (Wildman–Crippen LogP) is 2.10. The number of carbonyl (C=O) groups excluding carboxylic acids is 4. The van der Waals surface area contributed by atoms with Gasteiger partial charge in [-0.2, -0.15) is 0 Å². The summed E-state index contributed by atoms with van der Waals surface area (Å²) < 4.78 is 10.0. The quantitative estimate of drug-likeness (QED) is 0.433. The summed E-state index contributed by atoms with van der Waals surface area (Å²) in [4.78, 5) is 49.6. The molecule has 2 aromatic carbocycles. The largest absolute Gasteiger partial charge is 0.465 e. The van der Waals surface area contributed by atoms with Gasteiger partial charge in [-0.3, -0.25) is 14.4 Å². The van der Waals surface area contributed by atoms with Crippen molar-refractivity contribution in [3.63, 3.8) is 0 Å². The molecule has 0 aliphatic rings. The fourth-order valence-corrected chi connectivity index (χ4v) is 2.96. The molecule has 3 N–H and O–H groups in total. The van der Waals surface area contributed by atoms with Crippen LogP contribution < -0.4 is 16.0 Å². The summed E-state index contributed by atoms with van der Waals surface area (Å²) in [6.45, 7) is 4.60. The van der Waals surface area contributed by atoms with Crippen molar-refractivity contribution in [2.45, 2.75) is 45.4 Å². The molecule has 0 spiro atoms. The van der Waals surface area contributed by atoms with Gasteiger partial charge >= 0.3 is 12.1 Å². The summed E-state index contributed by atoms with van der Waals surface area (Å²) in [6.07, 6.45) is -0.578. The first-order valence-corrected chi connectivity index (χ1v) is 11.0. The third-order valence-electron chi connectivity index (χ3n) is 4.81. The number of rotatable bonds is 11. The Balaban J connectivity index is 2.00. The third-order valence-corrected chi connectivity index (χ3v) is 4.81. The van der Waals surface area contributed by atoms with E-state index in [1.54, 1.807) is 6.92 Å². The first kappa shape index (κ1) is 26.4. The predicted molar refractivity (Wildman–Crippen MR) is 126 cm³/mol. The van der Waals surface area contributed by atoms with Gasteiger partial charge in [0.2, 0.25) is 11.8 Å². The average Bonchev–Trinajstić information content (AvgIpc) is 2.82. The van der Waals surface area contributed by atoms with E-state index in [4.69, 9.17) is 9.47 Å². The highest BCUT2D eigenvalue weighted by Gasteiger charge is 2.33. The van der Waals surface area contributed by atoms with Crippen LogP contribution in [0.25, 0.3) is 0 Å². The summed E-state index contributed by atoms with van der Waals surface area (Å²) in [6, 6.07) is 17.3. The molecular formula is C25H31N3O6. The maximum atomic E-state index is 13.0. The van der Waals surface area contributed by atoms with Gasteiger partial charge in [-0.15, -0.1) is 0 Å². The van der Waals surface area contributed by atoms with Crippen LogP contribution in [0.2, 0.25) is 0 Å². The second-order valence-electron chi connectivity index (χ2n) is 8.05. The molecule has 3 amide bonds. The smallest absolute Gasteiger partial charge is 0.408 e. The van der Waals surface area contributed by atoms with E-state index in [0.717, 1.165) is 11.1 Å². The minimum absolute atomic E-state index is 0.0528. The molecule has 0 fully saturated rings. The second-order valence-corrected chi connectivity index (χ2v) is 8.05. The molecule has 0 saturated heterocycles. The molecule has 34 heavy (non-hydrogen) atoms. The standard InChI is InChI=1S/C25H31N3O6/c1-4-33-21(29)16-26-22(30)20(15-18-11-7-5-8-12-18)27-23(31)25(2,3)28-24(32)34-17-19-13-9-6-10-14-19/h5-14,20H,4,15-17H2,1-3H3,(H,26,30)(H,27,31)(H,28,32)/t20-/m1/s1. The molecule has 9 heteroatoms. The monoisotopic (exact) mass is 469 g/mol. The number of esters is 1. The van der Waals surface area contributed by atoms with Gasteiger partial charge in [-0.05, 0) is 31.9 Å². The van der Waals surface area contributed by atoms with Crippen LogP contribution in [0.5, 0.6) is 0 Å². The molecule has 9 nitrogen and oxygen atoms in total. The van der Waals surface area contributed by atoms with Crippen LogP contribution in [0.4, 0.5) is 4.79 Å². The van der Waals surface area contributed by atoms with Gasteiger partial charge in [0.25, 0.3) is 0 Å². The number of carbonyl (C=O) groups is 4. The van der Waals surface area contributed by atoms with Crippen molar-refractivity contribution in [1.29, 1.82) is 0 Å². The zero-order valence-electron chi connectivity index (χ0n) is 19.6. The number of nitrogens with one attached hydrogen (secondary N) is 3. The molecule has 0 heterocycles. The second kappa shape index (κ2) is 13.0. The summed E-state index contributed by atoms with van der Waals surface area (Å²) in [5.74, 6) is -1.71. The number of hydrogen-bond acceptors (Lipinski definition) is 6. The topological polar surface area (TPSA) is 123 Å². The van der Waals surface area contributed by atoms with E-state index in [-0.39, 0.29) is 26.2 Å². The van der Waals surface area contributed by atoms with Gasteiger partial charge in [0, 0.05) is 6.42 Å². The Kier molecular flexibility index (Phi) is 10.1. The molecule has 0 aliphatic carbocycles. The lowest BCUT2D eigenvalue weighted by atomic mass is 10.0. The Bertz CT molecular complexity index is 963. The highest BCUT2D eigenvalue weighted by molar-refractivity contribution is 5.94. The Morgan fingerprint density at radius 1 is 0.882 bits per heavy atom. The van der Waals surface area contributed by atoms with Crippen molar-refractivity contribution in [2.75, 3.05) is 13.2 Å². The number of ether oxygens (including phenoxy) is 2. The molecule has 182 valence electrons. The molecule has 2 rings (SSSR count). The zero-order chi connectivity index (χ0) is 25.0. The van der Waals surface area contributed by atoms with Gasteiger partial charge in [0.1, 0.15) is 24.7 Å². The maximum absolute atomic E-state index is 13.0. The third kappa shape index (κ3) is 8.93. The molecule has 0 unspecified atom stereocenters. The van der Waals surface area contributed by atoms with Crippen LogP contribution in [-0.4, -0.2) is 48.6 Å². The highest BCUT2D eigenvalue weighted by atomic mass is 16.5. The van der Waals surface area contributed by atoms with Crippen LogP contribution in [0.3, 0.4) is 0 Å². The van der Waals surface area contributed by atoms with Crippen LogP contribution in [0, 0.1) is 0 Å². The van der Waals surface area contributed by atoms with Crippen LogP contribution in [0.15, 0.2) is 60.7 Å². The Morgan fingerprint density at radius 2 is 1.47 bits per heavy atom. The molecule has 0 saturated carbocycles. The number of alkyl carbamates (subject to hydrolysis) is 1. The highest BCUT2D eigenvalue weighted by Crippen LogP contribution is 2.09. The average molecular weight is 470 g/mol. The van der Waals surface area contributed by atoms with E-state index in [0.29, 0.717) is 0 Å². The summed E-state index contributed by atoms with van der Waals surface area (Å²) in [5, 5.41) is 7.67. The van der Waals surface area contributed by atoms with E-state index in [1.807, 2.05) is 60.7 Å². The van der Waals surface area contributed by atoms with Crippen molar-refractivity contribution < 1.29 is 28.7 Å². The van der Waals surface area contributed by atoms with Crippen molar-refractivity contribution in [2.24, 2.45) is 0 Å². The van der Waals surface area contributed by atoms with E-state index in [1.165, 1.54) is 13.8 Å². The van der Waals surface area contributed by atoms with Crippen molar-refractivity contribution in [3.8, 4) is 0 Å². The fraction of sp³-hybridized carbons (Fsp3) is 0.360. The first-order valence-electron chi connectivity index (χ1n) is 11.0. The van der Waals surface area contributed by atoms with Crippen molar-refractivity contribution in [3.05, 3.63) is 71.8 Å². The van der Waals surface area contributed by atoms with E-state index < -0.39 is 35.5 Å². The molecule has 0 bridgehead atoms. The Labute approximate surface area is 199 Å². The van der Waals surface area contributed by atoms with Crippen LogP contribution >= 0.6 is 0 Å². The molecule has 0 aromatic heterocycles. The molecule has 0 radical (unpaired) electrons. The van der Waals surface area contributed by atoms with Gasteiger partial charge in [-0.1, -0.05) is 60.7 Å². The summed E-state index contributed by atoms with van der Waals surface area (Å²) in [5.41, 5.74) is 0.248. The van der Waals surface area contributed by atoms with Crippen molar-refractivity contribution >= 4 is 23.9 Å². The minimum atomic E-state index is -1.37. The minimum Gasteiger partial charge on any atom is -0.465 e. The Hall–Kier alpha value is -3.88. The molecule has 1 atom stereocenters. The van der Waals surface area contributed by atoms with Crippen molar-refractivity contribution in [1.82, 2.24) is 16.0 Å². The van der Waals surface area contributed by atoms with Gasteiger partial charge in [0.15, 0.2) is 0 Å². The van der Waals surface area contributed by atoms with Crippen LogP contribution in [-0.2, 0) is 36.9 Å². The lowest BCUT2D eigenvalue weighted by Crippen LogP contribution is -2.59. The lowest BCUT2D eigenvalue weighted by molar-refractivity contribution is -0.143. The first-order chi connectivity index (χ1) is 16.2. The van der Waals surface area contributed by atoms with Crippen LogP contribution in [0.1, 0.15) is 31.9 Å². The Morgan fingerprint density at radius 3 is 2.06 bits per heavy atom. The number of amides is 3. The molecule has 2 aromatic rings. The zero-order valence-corrected chi connectivity index (χ0v) is 19.6. The summed E-state index contributed by atoms with van der Waals surface area (Å²) >= 11 is 0. The van der Waals surface area contributed by atoms with Gasteiger partial charge in [0.05, 0.1) is 6.61 Å². The number of hydrogen-bond donors (Lipinski definition) is 3. The van der Waals surface area contributed by atoms with Gasteiger partial charge in [-0.25, -0.2) is 4.79 Å². The lowest BCUT2D eigenvalue weighted by Gasteiger charge is -2.27. The molecule has 0 aliphatic heterocycles. The number of benzene rings is 2. The maximum Gasteiger partial charge on any atom is 0.408 e.